The van der Waals surface area contributed by atoms with Gasteiger partial charge in [-0.1, -0.05) is 212 Å². The number of unbranched alkanes of at least 4 members (excludes halogenated alkanes) is 30. The normalized spacial score (nSPS) is 12.5. The molecule has 0 radical (unpaired) electrons. The van der Waals surface area contributed by atoms with Crippen molar-refractivity contribution in [2.45, 2.75) is 245 Å². The van der Waals surface area contributed by atoms with Crippen LogP contribution in [-0.4, -0.2) is 37.0 Å². The third-order valence-corrected chi connectivity index (χ3v) is 10.0. The molecule has 0 aromatic carbocycles. The summed E-state index contributed by atoms with van der Waals surface area (Å²) in [5.41, 5.74) is 0. The number of hydrogen-bond acceptors (Lipinski definition) is 4. The van der Waals surface area contributed by atoms with Crippen LogP contribution in [-0.2, 0) is 14.3 Å². The minimum atomic E-state index is -0.528. The van der Waals surface area contributed by atoms with Crippen LogP contribution in [0.2, 0.25) is 0 Å². The topological polar surface area (TPSA) is 55.8 Å². The fourth-order valence-electron chi connectivity index (χ4n) is 6.65. The van der Waals surface area contributed by atoms with Crippen molar-refractivity contribution in [1.82, 2.24) is 0 Å². The molecule has 0 saturated carbocycles. The second kappa shape index (κ2) is 44.0. The number of hydrogen-bond donors (Lipinski definition) is 1. The van der Waals surface area contributed by atoms with E-state index in [9.17, 15) is 9.90 Å². The average molecular weight is 705 g/mol. The van der Waals surface area contributed by atoms with Gasteiger partial charge in [0.05, 0.1) is 13.2 Å². The van der Waals surface area contributed by atoms with E-state index in [4.69, 9.17) is 9.47 Å². The van der Waals surface area contributed by atoms with E-state index < -0.39 is 6.10 Å². The number of carbonyl (C=O) groups is 1. The summed E-state index contributed by atoms with van der Waals surface area (Å²) in [5, 5.41) is 9.59. The number of carbonyl (C=O) groups excluding carboxylic acids is 1. The molecule has 0 aromatic rings. The van der Waals surface area contributed by atoms with Crippen molar-refractivity contribution in [3.8, 4) is 0 Å². The number of esters is 1. The number of aliphatic hydroxyl groups excluding tert-OH is 1. The molecule has 0 amide bonds. The van der Waals surface area contributed by atoms with Crippen LogP contribution in [0.15, 0.2) is 24.3 Å². The van der Waals surface area contributed by atoms with Crippen molar-refractivity contribution in [3.63, 3.8) is 0 Å². The highest BCUT2D eigenvalue weighted by Crippen LogP contribution is 2.15. The average Bonchev–Trinajstić information content (AvgIpc) is 3.12. The van der Waals surface area contributed by atoms with E-state index in [1.54, 1.807) is 0 Å². The Morgan fingerprint density at radius 3 is 1.24 bits per heavy atom. The number of ether oxygens (including phenoxy) is 2. The minimum Gasteiger partial charge on any atom is -0.457 e. The molecule has 0 bridgehead atoms. The molecular formula is C46H88O4. The van der Waals surface area contributed by atoms with E-state index in [-0.39, 0.29) is 12.6 Å². The van der Waals surface area contributed by atoms with Crippen LogP contribution < -0.4 is 0 Å². The van der Waals surface area contributed by atoms with Crippen molar-refractivity contribution in [1.29, 1.82) is 0 Å². The Hall–Kier alpha value is -1.13. The van der Waals surface area contributed by atoms with Crippen LogP contribution in [0.5, 0.6) is 0 Å². The number of aliphatic hydroxyl groups is 1. The molecule has 0 saturated heterocycles. The second-order valence-electron chi connectivity index (χ2n) is 15.1. The fraction of sp³-hybridized carbons (Fsp3) is 0.891. The van der Waals surface area contributed by atoms with E-state index in [0.29, 0.717) is 19.6 Å². The summed E-state index contributed by atoms with van der Waals surface area (Å²) in [7, 11) is 0. The second-order valence-corrected chi connectivity index (χ2v) is 15.1. The van der Waals surface area contributed by atoms with E-state index in [1.165, 1.54) is 193 Å². The number of allylic oxidation sites excluding steroid dienone is 4. The molecule has 4 heteroatoms. The highest BCUT2D eigenvalue weighted by atomic mass is 16.6. The molecule has 0 aliphatic heterocycles. The van der Waals surface area contributed by atoms with Crippen LogP contribution in [0.4, 0.5) is 0 Å². The Labute approximate surface area is 313 Å². The Balaban J connectivity index is 3.35. The molecule has 0 aromatic heterocycles. The van der Waals surface area contributed by atoms with Gasteiger partial charge in [0.2, 0.25) is 0 Å². The third-order valence-electron chi connectivity index (χ3n) is 10.0. The van der Waals surface area contributed by atoms with E-state index in [2.05, 4.69) is 38.2 Å². The molecule has 0 aliphatic carbocycles. The third kappa shape index (κ3) is 41.3. The first-order valence-electron chi connectivity index (χ1n) is 22.4. The van der Waals surface area contributed by atoms with E-state index >= 15 is 0 Å². The standard InChI is InChI=1S/C46H88O4/c1-3-5-7-9-11-13-15-17-18-19-20-21-22-23-24-25-26-27-28-29-30-32-34-36-38-40-42-49-44-45(43-47)50-46(48)41-39-37-35-33-31-16-14-12-10-8-6-4-2/h15,17,19-20,45,47H,3-14,16,18,21-44H2,1-2H3/b17-15-,20-19-. The van der Waals surface area contributed by atoms with Crippen LogP contribution in [0, 0.1) is 0 Å². The van der Waals surface area contributed by atoms with Crippen LogP contribution >= 0.6 is 0 Å². The van der Waals surface area contributed by atoms with Crippen LogP contribution in [0.25, 0.3) is 0 Å². The van der Waals surface area contributed by atoms with Gasteiger partial charge >= 0.3 is 5.97 Å². The van der Waals surface area contributed by atoms with Gasteiger partial charge < -0.3 is 14.6 Å². The lowest BCUT2D eigenvalue weighted by molar-refractivity contribution is -0.154. The van der Waals surface area contributed by atoms with Crippen molar-refractivity contribution in [2.24, 2.45) is 0 Å². The lowest BCUT2D eigenvalue weighted by Gasteiger charge is -2.16. The van der Waals surface area contributed by atoms with Gasteiger partial charge in [-0.3, -0.25) is 4.79 Å². The summed E-state index contributed by atoms with van der Waals surface area (Å²) in [6.07, 6.45) is 53.9. The monoisotopic (exact) mass is 705 g/mol. The van der Waals surface area contributed by atoms with Gasteiger partial charge in [-0.05, 0) is 44.9 Å². The number of rotatable bonds is 42. The van der Waals surface area contributed by atoms with Crippen molar-refractivity contribution >= 4 is 5.97 Å². The molecule has 0 fully saturated rings. The predicted octanol–water partition coefficient (Wildman–Crippen LogP) is 14.7. The van der Waals surface area contributed by atoms with Crippen LogP contribution in [0.1, 0.15) is 239 Å². The molecule has 296 valence electrons. The minimum absolute atomic E-state index is 0.167. The van der Waals surface area contributed by atoms with Gasteiger partial charge in [-0.15, -0.1) is 0 Å². The first kappa shape index (κ1) is 48.9. The Kier molecular flexibility index (Phi) is 43.0. The van der Waals surface area contributed by atoms with Gasteiger partial charge in [0.15, 0.2) is 0 Å². The van der Waals surface area contributed by atoms with Gasteiger partial charge in [0, 0.05) is 13.0 Å². The summed E-state index contributed by atoms with van der Waals surface area (Å²) in [5.74, 6) is -0.198. The Bertz CT molecular complexity index is 702. The summed E-state index contributed by atoms with van der Waals surface area (Å²) < 4.78 is 11.2. The lowest BCUT2D eigenvalue weighted by atomic mass is 10.0. The molecule has 0 rings (SSSR count). The smallest absolute Gasteiger partial charge is 0.306 e. The zero-order chi connectivity index (χ0) is 36.3. The molecule has 0 spiro atoms. The molecular weight excluding hydrogens is 617 g/mol. The maximum atomic E-state index is 12.2. The van der Waals surface area contributed by atoms with Gasteiger partial charge in [0.25, 0.3) is 0 Å². The molecule has 1 unspecified atom stereocenters. The summed E-state index contributed by atoms with van der Waals surface area (Å²) >= 11 is 0. The molecule has 4 nitrogen and oxygen atoms in total. The largest absolute Gasteiger partial charge is 0.457 e. The van der Waals surface area contributed by atoms with E-state index in [0.717, 1.165) is 25.7 Å². The first-order valence-corrected chi connectivity index (χ1v) is 22.4. The highest BCUT2D eigenvalue weighted by molar-refractivity contribution is 5.69. The van der Waals surface area contributed by atoms with Crippen molar-refractivity contribution in [3.05, 3.63) is 24.3 Å². The fourth-order valence-corrected chi connectivity index (χ4v) is 6.65. The molecule has 50 heavy (non-hydrogen) atoms. The van der Waals surface area contributed by atoms with Gasteiger partial charge in [-0.2, -0.15) is 0 Å². The zero-order valence-electron chi connectivity index (χ0n) is 33.9. The predicted molar refractivity (Wildman–Crippen MR) is 219 cm³/mol. The Morgan fingerprint density at radius 1 is 0.480 bits per heavy atom. The maximum Gasteiger partial charge on any atom is 0.306 e. The van der Waals surface area contributed by atoms with Crippen molar-refractivity contribution in [2.75, 3.05) is 19.8 Å². The van der Waals surface area contributed by atoms with E-state index in [1.807, 2.05) is 0 Å². The highest BCUT2D eigenvalue weighted by Gasteiger charge is 2.13. The maximum absolute atomic E-state index is 12.2. The van der Waals surface area contributed by atoms with Crippen LogP contribution in [0.3, 0.4) is 0 Å². The quantitative estimate of drug-likeness (QED) is 0.0390. The molecule has 0 aliphatic rings. The summed E-state index contributed by atoms with van der Waals surface area (Å²) in [4.78, 5) is 12.2. The first-order chi connectivity index (χ1) is 24.7. The summed E-state index contributed by atoms with van der Waals surface area (Å²) in [6, 6.07) is 0. The lowest BCUT2D eigenvalue weighted by Crippen LogP contribution is -2.27. The molecule has 0 heterocycles. The SMILES string of the molecule is CCCCCCC/C=C\C/C=C\CCCCCCCCCCCCCCCCOCC(CO)OC(=O)CCCCCCCCCCCCCC. The van der Waals surface area contributed by atoms with Gasteiger partial charge in [0.1, 0.15) is 6.10 Å². The van der Waals surface area contributed by atoms with Gasteiger partial charge in [-0.25, -0.2) is 0 Å². The molecule has 1 N–H and O–H groups in total. The van der Waals surface area contributed by atoms with Crippen molar-refractivity contribution < 1.29 is 19.4 Å². The zero-order valence-corrected chi connectivity index (χ0v) is 33.9. The molecule has 1 atom stereocenters. The Morgan fingerprint density at radius 2 is 0.840 bits per heavy atom. The summed E-state index contributed by atoms with van der Waals surface area (Å²) in [6.45, 7) is 5.36.